The number of nitrogens with one attached hydrogen (secondary N) is 1. The van der Waals surface area contributed by atoms with Crippen molar-refractivity contribution in [1.82, 2.24) is 29.7 Å². The summed E-state index contributed by atoms with van der Waals surface area (Å²) in [7, 11) is 4.21. The summed E-state index contributed by atoms with van der Waals surface area (Å²) in [5, 5.41) is 3.19. The number of piperazine rings is 1. The number of pyridine rings is 1. The number of ketones is 1. The summed E-state index contributed by atoms with van der Waals surface area (Å²) in [4.78, 5) is 38.0. The van der Waals surface area contributed by atoms with E-state index < -0.39 is 0 Å². The molecule has 0 bridgehead atoms. The monoisotopic (exact) mass is 474 g/mol. The molecule has 1 aliphatic heterocycles. The Morgan fingerprint density at radius 2 is 1.80 bits per heavy atom. The fraction of sp³-hybridized carbons (Fsp3) is 0.423. The molecular weight excluding hydrogens is 440 g/mol. The van der Waals surface area contributed by atoms with Gasteiger partial charge in [-0.3, -0.25) is 9.69 Å². The van der Waals surface area contributed by atoms with E-state index in [-0.39, 0.29) is 5.78 Å². The molecule has 1 saturated heterocycles. The van der Waals surface area contributed by atoms with Gasteiger partial charge in [-0.05, 0) is 31.8 Å². The summed E-state index contributed by atoms with van der Waals surface area (Å²) < 4.78 is 0. The highest BCUT2D eigenvalue weighted by Gasteiger charge is 2.20. The summed E-state index contributed by atoms with van der Waals surface area (Å²) >= 11 is 0. The predicted octanol–water partition coefficient (Wildman–Crippen LogP) is 2.68. The van der Waals surface area contributed by atoms with Crippen LogP contribution >= 0.6 is 0 Å². The second kappa shape index (κ2) is 11.8. The summed E-state index contributed by atoms with van der Waals surface area (Å²) in [5.41, 5.74) is 1.59. The molecule has 0 spiro atoms. The molecule has 0 unspecified atom stereocenters. The molecule has 0 atom stereocenters. The van der Waals surface area contributed by atoms with Gasteiger partial charge in [-0.2, -0.15) is 15.0 Å². The minimum absolute atomic E-state index is 0.0411. The van der Waals surface area contributed by atoms with Gasteiger partial charge in [0.25, 0.3) is 0 Å². The van der Waals surface area contributed by atoms with E-state index in [9.17, 15) is 4.79 Å². The Kier molecular flexibility index (Phi) is 8.33. The zero-order valence-corrected chi connectivity index (χ0v) is 20.8. The van der Waals surface area contributed by atoms with E-state index in [0.717, 1.165) is 50.7 Å². The van der Waals surface area contributed by atoms with Crippen LogP contribution in [0, 0.1) is 0 Å². The van der Waals surface area contributed by atoms with Crippen molar-refractivity contribution >= 4 is 23.5 Å². The predicted molar refractivity (Wildman–Crippen MR) is 138 cm³/mol. The van der Waals surface area contributed by atoms with Crippen LogP contribution in [0.3, 0.4) is 0 Å². The Morgan fingerprint density at radius 1 is 1.03 bits per heavy atom. The molecule has 9 heteroatoms. The summed E-state index contributed by atoms with van der Waals surface area (Å²) in [5.74, 6) is 2.43. The lowest BCUT2D eigenvalue weighted by molar-refractivity contribution is 0.0993. The Labute approximate surface area is 207 Å². The van der Waals surface area contributed by atoms with Gasteiger partial charge in [0.2, 0.25) is 11.9 Å². The highest BCUT2D eigenvalue weighted by molar-refractivity contribution is 5.98. The fourth-order valence-electron chi connectivity index (χ4n) is 3.95. The molecule has 35 heavy (non-hydrogen) atoms. The van der Waals surface area contributed by atoms with Crippen LogP contribution in [0.5, 0.6) is 0 Å². The van der Waals surface area contributed by atoms with Gasteiger partial charge >= 0.3 is 0 Å². The van der Waals surface area contributed by atoms with Gasteiger partial charge in [0.15, 0.2) is 5.78 Å². The number of hydrogen-bond donors (Lipinski definition) is 1. The number of nitrogens with zero attached hydrogens (tertiary/aromatic N) is 7. The number of carbonyl (C=O) groups excluding carboxylic acids is 1. The maximum Gasteiger partial charge on any atom is 0.233 e. The summed E-state index contributed by atoms with van der Waals surface area (Å²) in [6.45, 7) is 7.87. The number of hydrogen-bond acceptors (Lipinski definition) is 9. The fourth-order valence-corrected chi connectivity index (χ4v) is 3.95. The summed E-state index contributed by atoms with van der Waals surface area (Å²) in [6, 6.07) is 13.2. The van der Waals surface area contributed by atoms with E-state index in [0.29, 0.717) is 36.1 Å². The van der Waals surface area contributed by atoms with Crippen LogP contribution < -0.4 is 10.2 Å². The largest absolute Gasteiger partial charge is 0.338 e. The average Bonchev–Trinajstić information content (AvgIpc) is 2.88. The van der Waals surface area contributed by atoms with Crippen molar-refractivity contribution in [2.24, 2.45) is 0 Å². The molecule has 2 aromatic heterocycles. The Hall–Kier alpha value is -3.43. The smallest absolute Gasteiger partial charge is 0.233 e. The Balaban J connectivity index is 1.44. The number of carbonyl (C=O) groups is 1. The normalized spacial score (nSPS) is 14.3. The van der Waals surface area contributed by atoms with Crippen molar-refractivity contribution in [1.29, 1.82) is 0 Å². The number of Topliss-reactive ketones (excluding diaryl/α,β-unsaturated/α-hetero) is 1. The van der Waals surface area contributed by atoms with E-state index >= 15 is 0 Å². The maximum atomic E-state index is 12.8. The lowest BCUT2D eigenvalue weighted by atomic mass is 10.0. The SMILES string of the molecule is CCc1nc(Nc2cc(C(=O)Cc3ccccc3)ccn2)nc(N2CCN(CCN(C)C)CC2)n1. The molecule has 1 aliphatic rings. The third-order valence-electron chi connectivity index (χ3n) is 6.03. The molecule has 0 aliphatic carbocycles. The zero-order chi connectivity index (χ0) is 24.6. The highest BCUT2D eigenvalue weighted by atomic mass is 16.1. The number of aryl methyl sites for hydroxylation is 1. The third-order valence-corrected chi connectivity index (χ3v) is 6.03. The van der Waals surface area contributed by atoms with E-state index in [1.807, 2.05) is 37.3 Å². The van der Waals surface area contributed by atoms with Crippen molar-refractivity contribution in [2.75, 3.05) is 63.6 Å². The summed E-state index contributed by atoms with van der Waals surface area (Å²) in [6.07, 6.45) is 2.69. The molecule has 4 rings (SSSR count). The maximum absolute atomic E-state index is 12.8. The van der Waals surface area contributed by atoms with Crippen LogP contribution in [0.4, 0.5) is 17.7 Å². The minimum atomic E-state index is 0.0411. The molecule has 1 fully saturated rings. The zero-order valence-electron chi connectivity index (χ0n) is 20.8. The van der Waals surface area contributed by atoms with E-state index in [1.54, 1.807) is 18.3 Å². The van der Waals surface area contributed by atoms with Crippen LogP contribution in [-0.2, 0) is 12.8 Å². The third kappa shape index (κ3) is 7.03. The van der Waals surface area contributed by atoms with Crippen molar-refractivity contribution < 1.29 is 4.79 Å². The van der Waals surface area contributed by atoms with Crippen molar-refractivity contribution in [3.8, 4) is 0 Å². The lowest BCUT2D eigenvalue weighted by Crippen LogP contribution is -2.48. The van der Waals surface area contributed by atoms with Crippen LogP contribution in [-0.4, -0.2) is 88.9 Å². The number of aromatic nitrogens is 4. The molecule has 1 aromatic carbocycles. The van der Waals surface area contributed by atoms with Crippen LogP contribution in [0.1, 0.15) is 28.7 Å². The van der Waals surface area contributed by atoms with Gasteiger partial charge < -0.3 is 15.1 Å². The lowest BCUT2D eigenvalue weighted by Gasteiger charge is -2.35. The standard InChI is InChI=1S/C26H34N8O/c1-4-23-28-25(31-26(30-23)34-16-14-33(15-17-34)13-12-32(2)3)29-24-19-21(10-11-27-24)22(35)18-20-8-6-5-7-9-20/h5-11,19H,4,12-18H2,1-3H3,(H,27,28,29,30,31). The Bertz CT molecular complexity index is 1110. The first-order valence-corrected chi connectivity index (χ1v) is 12.2. The number of anilines is 3. The van der Waals surface area contributed by atoms with Gasteiger partial charge in [-0.1, -0.05) is 37.3 Å². The Morgan fingerprint density at radius 3 is 2.51 bits per heavy atom. The van der Waals surface area contributed by atoms with Gasteiger partial charge in [0.05, 0.1) is 0 Å². The number of benzene rings is 1. The molecule has 0 amide bonds. The van der Waals surface area contributed by atoms with Gasteiger partial charge in [-0.25, -0.2) is 4.98 Å². The first-order valence-electron chi connectivity index (χ1n) is 12.2. The van der Waals surface area contributed by atoms with Crippen LogP contribution in [0.15, 0.2) is 48.7 Å². The topological polar surface area (TPSA) is 90.4 Å². The first kappa shape index (κ1) is 24.7. The number of rotatable bonds is 10. The molecule has 184 valence electrons. The molecule has 0 saturated carbocycles. The van der Waals surface area contributed by atoms with Crippen molar-refractivity contribution in [2.45, 2.75) is 19.8 Å². The van der Waals surface area contributed by atoms with Gasteiger partial charge in [0, 0.05) is 63.9 Å². The second-order valence-electron chi connectivity index (χ2n) is 9.00. The van der Waals surface area contributed by atoms with Crippen molar-refractivity contribution in [3.05, 3.63) is 65.6 Å². The van der Waals surface area contributed by atoms with Crippen LogP contribution in [0.25, 0.3) is 0 Å². The first-order chi connectivity index (χ1) is 17.0. The highest BCUT2D eigenvalue weighted by Crippen LogP contribution is 2.18. The molecule has 1 N–H and O–H groups in total. The van der Waals surface area contributed by atoms with E-state index in [2.05, 4.69) is 54.0 Å². The molecule has 0 radical (unpaired) electrons. The second-order valence-corrected chi connectivity index (χ2v) is 9.00. The van der Waals surface area contributed by atoms with Crippen molar-refractivity contribution in [3.63, 3.8) is 0 Å². The molecule has 9 nitrogen and oxygen atoms in total. The van der Waals surface area contributed by atoms with E-state index in [4.69, 9.17) is 0 Å². The molecule has 3 heterocycles. The van der Waals surface area contributed by atoms with Crippen LogP contribution in [0.2, 0.25) is 0 Å². The average molecular weight is 475 g/mol. The quantitative estimate of drug-likeness (QED) is 0.445. The minimum Gasteiger partial charge on any atom is -0.338 e. The molecular formula is C26H34N8O. The van der Waals surface area contributed by atoms with Gasteiger partial charge in [0.1, 0.15) is 11.6 Å². The van der Waals surface area contributed by atoms with E-state index in [1.165, 1.54) is 0 Å². The van der Waals surface area contributed by atoms with Gasteiger partial charge in [-0.15, -0.1) is 0 Å². The molecule has 3 aromatic rings. The number of likely N-dealkylation sites (N-methyl/N-ethyl adjacent to an activating group) is 1.